The Bertz CT molecular complexity index is 630. The van der Waals surface area contributed by atoms with Crippen LogP contribution in [0.25, 0.3) is 0 Å². The van der Waals surface area contributed by atoms with Crippen LogP contribution in [-0.4, -0.2) is 48.1 Å². The van der Waals surface area contributed by atoms with Crippen molar-refractivity contribution >= 4 is 17.7 Å². The second-order valence-electron chi connectivity index (χ2n) is 6.40. The minimum atomic E-state index is -1.60. The van der Waals surface area contributed by atoms with Crippen molar-refractivity contribution in [1.29, 1.82) is 0 Å². The van der Waals surface area contributed by atoms with Gasteiger partial charge in [0.25, 0.3) is 5.91 Å². The standard InChI is InChI=1S/C16H21NO6/c1-15(2,3)23-14(21)17-12-6-5-10(22-4)7-11(12)16(8-18,9-19)13(17)20/h5-7,18-19H,8-9H2,1-4H3. The first kappa shape index (κ1) is 17.2. The number of methoxy groups -OCH3 is 1. The largest absolute Gasteiger partial charge is 0.497 e. The van der Waals surface area contributed by atoms with Crippen molar-refractivity contribution in [3.63, 3.8) is 0 Å². The van der Waals surface area contributed by atoms with Crippen LogP contribution in [0.15, 0.2) is 18.2 Å². The van der Waals surface area contributed by atoms with Crippen LogP contribution in [0.3, 0.4) is 0 Å². The van der Waals surface area contributed by atoms with E-state index in [1.807, 2.05) is 0 Å². The first-order valence-corrected chi connectivity index (χ1v) is 7.18. The molecule has 0 saturated carbocycles. The van der Waals surface area contributed by atoms with Crippen LogP contribution in [0.2, 0.25) is 0 Å². The van der Waals surface area contributed by atoms with E-state index in [0.717, 1.165) is 4.90 Å². The number of fused-ring (bicyclic) bond motifs is 1. The molecule has 126 valence electrons. The van der Waals surface area contributed by atoms with Crippen LogP contribution < -0.4 is 9.64 Å². The predicted molar refractivity (Wildman–Crippen MR) is 82.6 cm³/mol. The number of amides is 2. The maximum absolute atomic E-state index is 12.7. The molecular formula is C16H21NO6. The van der Waals surface area contributed by atoms with Crippen LogP contribution in [0.5, 0.6) is 5.75 Å². The zero-order chi connectivity index (χ0) is 17.4. The molecule has 0 aliphatic carbocycles. The monoisotopic (exact) mass is 323 g/mol. The van der Waals surface area contributed by atoms with Crippen LogP contribution >= 0.6 is 0 Å². The van der Waals surface area contributed by atoms with E-state index in [0.29, 0.717) is 11.3 Å². The number of benzene rings is 1. The van der Waals surface area contributed by atoms with Crippen molar-refractivity contribution in [1.82, 2.24) is 0 Å². The average Bonchev–Trinajstić information content (AvgIpc) is 2.73. The molecule has 1 aliphatic rings. The number of ether oxygens (including phenoxy) is 2. The van der Waals surface area contributed by atoms with Crippen LogP contribution in [0.1, 0.15) is 26.3 Å². The lowest BCUT2D eigenvalue weighted by atomic mass is 9.83. The molecule has 7 nitrogen and oxygen atoms in total. The fourth-order valence-corrected chi connectivity index (χ4v) is 2.50. The highest BCUT2D eigenvalue weighted by Gasteiger charge is 2.53. The van der Waals surface area contributed by atoms with Gasteiger partial charge in [0.15, 0.2) is 0 Å². The number of rotatable bonds is 3. The Morgan fingerprint density at radius 3 is 2.35 bits per heavy atom. The highest BCUT2D eigenvalue weighted by molar-refractivity contribution is 6.21. The minimum absolute atomic E-state index is 0.271. The molecule has 0 atom stereocenters. The van der Waals surface area contributed by atoms with Crippen LogP contribution in [0, 0.1) is 0 Å². The summed E-state index contributed by atoms with van der Waals surface area (Å²) in [5, 5.41) is 19.5. The summed E-state index contributed by atoms with van der Waals surface area (Å²) in [7, 11) is 1.46. The maximum atomic E-state index is 12.7. The Balaban J connectivity index is 2.56. The number of hydrogen-bond donors (Lipinski definition) is 2. The lowest BCUT2D eigenvalue weighted by Crippen LogP contribution is -2.48. The van der Waals surface area contributed by atoms with E-state index >= 15 is 0 Å². The number of imide groups is 1. The number of carbonyl (C=O) groups is 2. The summed E-state index contributed by atoms with van der Waals surface area (Å²) in [5.41, 5.74) is -1.78. The molecule has 2 rings (SSSR count). The van der Waals surface area contributed by atoms with E-state index in [9.17, 15) is 19.8 Å². The van der Waals surface area contributed by atoms with Gasteiger partial charge in [-0.05, 0) is 39.0 Å². The van der Waals surface area contributed by atoms with Crippen molar-refractivity contribution < 1.29 is 29.3 Å². The van der Waals surface area contributed by atoms with E-state index < -0.39 is 36.2 Å². The summed E-state index contributed by atoms with van der Waals surface area (Å²) in [6.07, 6.45) is -0.849. The summed E-state index contributed by atoms with van der Waals surface area (Å²) in [6.45, 7) is 3.78. The van der Waals surface area contributed by atoms with E-state index in [2.05, 4.69) is 0 Å². The van der Waals surface area contributed by atoms with E-state index in [4.69, 9.17) is 9.47 Å². The third-order valence-corrected chi connectivity index (χ3v) is 3.69. The molecule has 0 saturated heterocycles. The molecule has 23 heavy (non-hydrogen) atoms. The summed E-state index contributed by atoms with van der Waals surface area (Å²) in [6, 6.07) is 4.65. The smallest absolute Gasteiger partial charge is 0.421 e. The van der Waals surface area contributed by atoms with Gasteiger partial charge in [-0.15, -0.1) is 0 Å². The highest BCUT2D eigenvalue weighted by atomic mass is 16.6. The molecule has 2 N–H and O–H groups in total. The topological polar surface area (TPSA) is 96.3 Å². The van der Waals surface area contributed by atoms with Crippen LogP contribution in [-0.2, 0) is 14.9 Å². The SMILES string of the molecule is COc1ccc2c(c1)C(CO)(CO)C(=O)N2C(=O)OC(C)(C)C. The average molecular weight is 323 g/mol. The summed E-state index contributed by atoms with van der Waals surface area (Å²) >= 11 is 0. The highest BCUT2D eigenvalue weighted by Crippen LogP contribution is 2.43. The van der Waals surface area contributed by atoms with Gasteiger partial charge in [-0.1, -0.05) is 0 Å². The normalized spacial score (nSPS) is 16.3. The quantitative estimate of drug-likeness (QED) is 0.867. The number of nitrogens with zero attached hydrogens (tertiary/aromatic N) is 1. The number of anilines is 1. The Hall–Kier alpha value is -2.12. The van der Waals surface area contributed by atoms with Crippen molar-refractivity contribution in [3.8, 4) is 5.75 Å². The van der Waals surface area contributed by atoms with Gasteiger partial charge < -0.3 is 19.7 Å². The van der Waals surface area contributed by atoms with Crippen molar-refractivity contribution in [3.05, 3.63) is 23.8 Å². The fraction of sp³-hybridized carbons (Fsp3) is 0.500. The first-order valence-electron chi connectivity index (χ1n) is 7.18. The molecule has 0 unspecified atom stereocenters. The molecule has 1 heterocycles. The number of aliphatic hydroxyl groups is 2. The van der Waals surface area contributed by atoms with Gasteiger partial charge in [0.2, 0.25) is 0 Å². The van der Waals surface area contributed by atoms with Crippen molar-refractivity contribution in [2.45, 2.75) is 31.8 Å². The zero-order valence-corrected chi connectivity index (χ0v) is 13.6. The van der Waals surface area contributed by atoms with Gasteiger partial charge in [-0.25, -0.2) is 9.69 Å². The van der Waals surface area contributed by atoms with Gasteiger partial charge >= 0.3 is 6.09 Å². The van der Waals surface area contributed by atoms with Gasteiger partial charge in [0.1, 0.15) is 16.8 Å². The molecule has 0 aromatic heterocycles. The Labute approximate surface area is 134 Å². The lowest BCUT2D eigenvalue weighted by molar-refractivity contribution is -0.125. The van der Waals surface area contributed by atoms with Crippen LogP contribution in [0.4, 0.5) is 10.5 Å². The molecule has 1 aromatic carbocycles. The second-order valence-corrected chi connectivity index (χ2v) is 6.40. The third-order valence-electron chi connectivity index (χ3n) is 3.69. The molecule has 0 spiro atoms. The molecule has 1 aliphatic heterocycles. The summed E-state index contributed by atoms with van der Waals surface area (Å²) in [5.74, 6) is -0.270. The first-order chi connectivity index (χ1) is 10.7. The molecule has 0 fully saturated rings. The molecule has 2 amide bonds. The molecule has 0 bridgehead atoms. The zero-order valence-electron chi connectivity index (χ0n) is 13.6. The number of aliphatic hydroxyl groups excluding tert-OH is 2. The Morgan fingerprint density at radius 1 is 1.26 bits per heavy atom. The maximum Gasteiger partial charge on any atom is 0.421 e. The van der Waals surface area contributed by atoms with Crippen molar-refractivity contribution in [2.75, 3.05) is 25.2 Å². The number of carbonyl (C=O) groups excluding carboxylic acids is 2. The fourth-order valence-electron chi connectivity index (χ4n) is 2.50. The van der Waals surface area contributed by atoms with E-state index in [1.54, 1.807) is 26.8 Å². The molecule has 7 heteroatoms. The third kappa shape index (κ3) is 2.77. The molecule has 1 aromatic rings. The Kier molecular flexibility index (Phi) is 4.37. The van der Waals surface area contributed by atoms with E-state index in [1.165, 1.54) is 19.2 Å². The molecule has 0 radical (unpaired) electrons. The Morgan fingerprint density at radius 2 is 1.87 bits per heavy atom. The van der Waals surface area contributed by atoms with Gasteiger partial charge in [-0.3, -0.25) is 4.79 Å². The number of hydrogen-bond acceptors (Lipinski definition) is 6. The summed E-state index contributed by atoms with van der Waals surface area (Å²) in [4.78, 5) is 26.0. The van der Waals surface area contributed by atoms with E-state index in [-0.39, 0.29) is 5.69 Å². The lowest BCUT2D eigenvalue weighted by Gasteiger charge is -2.26. The molecular weight excluding hydrogens is 302 g/mol. The van der Waals surface area contributed by atoms with Gasteiger partial charge in [-0.2, -0.15) is 0 Å². The summed E-state index contributed by atoms with van der Waals surface area (Å²) < 4.78 is 10.4. The minimum Gasteiger partial charge on any atom is -0.497 e. The second kappa shape index (κ2) is 5.82. The van der Waals surface area contributed by atoms with Crippen molar-refractivity contribution in [2.24, 2.45) is 0 Å². The van der Waals surface area contributed by atoms with Gasteiger partial charge in [0.05, 0.1) is 26.0 Å². The van der Waals surface area contributed by atoms with Gasteiger partial charge in [0, 0.05) is 5.56 Å². The predicted octanol–water partition coefficient (Wildman–Crippen LogP) is 1.20.